The fraction of sp³-hybridized carbons (Fsp3) is 0.478. The van der Waals surface area contributed by atoms with Crippen LogP contribution in [0.2, 0.25) is 0 Å². The molecule has 0 saturated carbocycles. The number of halogens is 1. The number of rotatable bonds is 11. The van der Waals surface area contributed by atoms with Gasteiger partial charge in [-0.2, -0.15) is 0 Å². The molecule has 1 aromatic carbocycles. The van der Waals surface area contributed by atoms with E-state index in [0.29, 0.717) is 32.9 Å². The minimum atomic E-state index is 0. The maximum atomic E-state index is 5.94. The summed E-state index contributed by atoms with van der Waals surface area (Å²) < 4.78 is 11.3. The summed E-state index contributed by atoms with van der Waals surface area (Å²) in [5.74, 6) is 2.57. The Balaban J connectivity index is 0.00000480. The summed E-state index contributed by atoms with van der Waals surface area (Å²) in [6, 6.07) is 10.3. The molecule has 7 nitrogen and oxygen atoms in total. The number of hydrogen-bond donors (Lipinski definition) is 2. The van der Waals surface area contributed by atoms with Crippen molar-refractivity contribution < 1.29 is 9.47 Å². The van der Waals surface area contributed by atoms with E-state index < -0.39 is 0 Å². The molecule has 31 heavy (non-hydrogen) atoms. The van der Waals surface area contributed by atoms with Crippen LogP contribution in [0.15, 0.2) is 41.5 Å². The molecule has 0 radical (unpaired) electrons. The zero-order chi connectivity index (χ0) is 21.8. The first kappa shape index (κ1) is 27.0. The molecule has 0 aliphatic carbocycles. The van der Waals surface area contributed by atoms with E-state index in [-0.39, 0.29) is 24.0 Å². The van der Waals surface area contributed by atoms with Crippen LogP contribution in [0.1, 0.15) is 30.5 Å². The summed E-state index contributed by atoms with van der Waals surface area (Å²) >= 11 is 0. The first-order valence-electron chi connectivity index (χ1n) is 10.5. The SMILES string of the molecule is CCNC(=NCc1ccnc(N(C)C)c1)NCc1ccc(C)cc1OCCOCC.I. The van der Waals surface area contributed by atoms with Gasteiger partial charge in [-0.3, -0.25) is 0 Å². The summed E-state index contributed by atoms with van der Waals surface area (Å²) in [5.41, 5.74) is 3.36. The van der Waals surface area contributed by atoms with Crippen molar-refractivity contribution in [1.82, 2.24) is 15.6 Å². The molecule has 2 rings (SSSR count). The fourth-order valence-corrected chi connectivity index (χ4v) is 2.79. The van der Waals surface area contributed by atoms with Crippen LogP contribution in [0.4, 0.5) is 5.82 Å². The zero-order valence-electron chi connectivity index (χ0n) is 19.3. The van der Waals surface area contributed by atoms with Crippen molar-refractivity contribution in [1.29, 1.82) is 0 Å². The molecule has 0 aliphatic heterocycles. The Morgan fingerprint density at radius 2 is 1.90 bits per heavy atom. The first-order valence-corrected chi connectivity index (χ1v) is 10.5. The molecule has 1 heterocycles. The van der Waals surface area contributed by atoms with Gasteiger partial charge in [-0.15, -0.1) is 24.0 Å². The molecular weight excluding hydrogens is 505 g/mol. The summed E-state index contributed by atoms with van der Waals surface area (Å²) in [4.78, 5) is 11.1. The molecule has 2 N–H and O–H groups in total. The second kappa shape index (κ2) is 14.9. The van der Waals surface area contributed by atoms with Gasteiger partial charge in [0.05, 0.1) is 13.2 Å². The van der Waals surface area contributed by atoms with Crippen molar-refractivity contribution in [3.05, 3.63) is 53.2 Å². The van der Waals surface area contributed by atoms with Crippen LogP contribution in [0.25, 0.3) is 0 Å². The van der Waals surface area contributed by atoms with E-state index in [9.17, 15) is 0 Å². The third-order valence-electron chi connectivity index (χ3n) is 4.39. The molecule has 0 amide bonds. The highest BCUT2D eigenvalue weighted by molar-refractivity contribution is 14.0. The summed E-state index contributed by atoms with van der Waals surface area (Å²) in [6.07, 6.45) is 1.82. The average molecular weight is 541 g/mol. The lowest BCUT2D eigenvalue weighted by molar-refractivity contribution is 0.110. The van der Waals surface area contributed by atoms with Crippen molar-refractivity contribution in [2.24, 2.45) is 4.99 Å². The van der Waals surface area contributed by atoms with Crippen LogP contribution < -0.4 is 20.3 Å². The fourth-order valence-electron chi connectivity index (χ4n) is 2.79. The van der Waals surface area contributed by atoms with Gasteiger partial charge >= 0.3 is 0 Å². The van der Waals surface area contributed by atoms with Crippen LogP contribution in [0.3, 0.4) is 0 Å². The molecule has 0 fully saturated rings. The second-order valence-corrected chi connectivity index (χ2v) is 7.12. The predicted molar refractivity (Wildman–Crippen MR) is 139 cm³/mol. The smallest absolute Gasteiger partial charge is 0.191 e. The number of aryl methyl sites for hydroxylation is 1. The molecule has 172 valence electrons. The maximum Gasteiger partial charge on any atom is 0.191 e. The van der Waals surface area contributed by atoms with Gasteiger partial charge < -0.3 is 25.0 Å². The number of anilines is 1. The summed E-state index contributed by atoms with van der Waals surface area (Å²) in [7, 11) is 3.97. The number of hydrogen-bond acceptors (Lipinski definition) is 5. The van der Waals surface area contributed by atoms with Crippen molar-refractivity contribution in [3.63, 3.8) is 0 Å². The van der Waals surface area contributed by atoms with Crippen LogP contribution in [0, 0.1) is 6.92 Å². The van der Waals surface area contributed by atoms with Crippen LogP contribution in [0.5, 0.6) is 5.75 Å². The van der Waals surface area contributed by atoms with Gasteiger partial charge in [-0.1, -0.05) is 12.1 Å². The lowest BCUT2D eigenvalue weighted by Gasteiger charge is -2.16. The summed E-state index contributed by atoms with van der Waals surface area (Å²) in [6.45, 7) is 9.91. The number of aliphatic imine (C=N–C) groups is 1. The van der Waals surface area contributed by atoms with E-state index in [0.717, 1.165) is 35.2 Å². The van der Waals surface area contributed by atoms with Gasteiger partial charge in [0.15, 0.2) is 5.96 Å². The van der Waals surface area contributed by atoms with Crippen LogP contribution in [-0.2, 0) is 17.8 Å². The van der Waals surface area contributed by atoms with Gasteiger partial charge in [-0.25, -0.2) is 9.98 Å². The quantitative estimate of drug-likeness (QED) is 0.196. The highest BCUT2D eigenvalue weighted by Crippen LogP contribution is 2.20. The number of guanidine groups is 1. The monoisotopic (exact) mass is 541 g/mol. The molecular formula is C23H36IN5O2. The second-order valence-electron chi connectivity index (χ2n) is 7.12. The molecule has 1 aromatic heterocycles. The summed E-state index contributed by atoms with van der Waals surface area (Å²) in [5, 5.41) is 6.71. The minimum absolute atomic E-state index is 0. The number of aromatic nitrogens is 1. The van der Waals surface area contributed by atoms with Gasteiger partial charge in [0, 0.05) is 45.6 Å². The van der Waals surface area contributed by atoms with Crippen molar-refractivity contribution in [2.75, 3.05) is 45.4 Å². The van der Waals surface area contributed by atoms with Gasteiger partial charge in [0.2, 0.25) is 0 Å². The van der Waals surface area contributed by atoms with E-state index in [4.69, 9.17) is 14.5 Å². The molecule has 0 spiro atoms. The Hall–Kier alpha value is -2.07. The molecule has 0 aliphatic rings. The Bertz CT molecular complexity index is 814. The van der Waals surface area contributed by atoms with E-state index in [2.05, 4.69) is 53.7 Å². The lowest BCUT2D eigenvalue weighted by atomic mass is 10.1. The normalized spacial score (nSPS) is 10.9. The van der Waals surface area contributed by atoms with Crippen molar-refractivity contribution in [2.45, 2.75) is 33.9 Å². The largest absolute Gasteiger partial charge is 0.491 e. The van der Waals surface area contributed by atoms with E-state index in [1.807, 2.05) is 38.2 Å². The van der Waals surface area contributed by atoms with Gasteiger partial charge in [0.25, 0.3) is 0 Å². The molecule has 8 heteroatoms. The highest BCUT2D eigenvalue weighted by atomic mass is 127. The topological polar surface area (TPSA) is 71.0 Å². The van der Waals surface area contributed by atoms with E-state index in [1.54, 1.807) is 0 Å². The van der Waals surface area contributed by atoms with Crippen molar-refractivity contribution >= 4 is 35.8 Å². The molecule has 0 atom stereocenters. The van der Waals surface area contributed by atoms with Crippen LogP contribution in [-0.4, -0.2) is 51.4 Å². The average Bonchev–Trinajstić information content (AvgIpc) is 2.74. The number of nitrogens with zero attached hydrogens (tertiary/aromatic N) is 3. The predicted octanol–water partition coefficient (Wildman–Crippen LogP) is 3.74. The van der Waals surface area contributed by atoms with Crippen molar-refractivity contribution in [3.8, 4) is 5.75 Å². The Kier molecular flexibility index (Phi) is 12.9. The lowest BCUT2D eigenvalue weighted by Crippen LogP contribution is -2.36. The van der Waals surface area contributed by atoms with E-state index >= 15 is 0 Å². The minimum Gasteiger partial charge on any atom is -0.491 e. The zero-order valence-corrected chi connectivity index (χ0v) is 21.6. The van der Waals surface area contributed by atoms with Crippen LogP contribution >= 0.6 is 24.0 Å². The number of benzene rings is 1. The first-order chi connectivity index (χ1) is 14.5. The van der Waals surface area contributed by atoms with Gasteiger partial charge in [0.1, 0.15) is 18.2 Å². The third kappa shape index (κ3) is 9.73. The maximum absolute atomic E-state index is 5.94. The highest BCUT2D eigenvalue weighted by Gasteiger charge is 2.07. The standard InChI is InChI=1S/C23H35N5O2.HI/c1-6-24-23(26-16-19-10-11-25-22(15-19)28(4)5)27-17-20-9-8-18(3)14-21(20)30-13-12-29-7-2;/h8-11,14-15H,6-7,12-13,16-17H2,1-5H3,(H2,24,26,27);1H. The number of nitrogens with one attached hydrogen (secondary N) is 2. The number of ether oxygens (including phenoxy) is 2. The Labute approximate surface area is 203 Å². The Morgan fingerprint density at radius 3 is 2.61 bits per heavy atom. The molecule has 2 aromatic rings. The molecule has 0 saturated heterocycles. The van der Waals surface area contributed by atoms with Gasteiger partial charge in [-0.05, 0) is 50.1 Å². The molecule has 0 unspecified atom stereocenters. The third-order valence-corrected chi connectivity index (χ3v) is 4.39. The Morgan fingerprint density at radius 1 is 1.10 bits per heavy atom. The van der Waals surface area contributed by atoms with E-state index in [1.165, 1.54) is 5.56 Å². The molecule has 0 bridgehead atoms. The number of pyridine rings is 1.